The summed E-state index contributed by atoms with van der Waals surface area (Å²) in [6, 6.07) is 3.00. The van der Waals surface area contributed by atoms with E-state index < -0.39 is 6.04 Å². The first-order valence-corrected chi connectivity index (χ1v) is 6.82. The molecule has 1 amide bonds. The van der Waals surface area contributed by atoms with E-state index in [1.807, 2.05) is 0 Å². The Morgan fingerprint density at radius 2 is 2.00 bits per heavy atom. The van der Waals surface area contributed by atoms with Crippen LogP contribution in [0.3, 0.4) is 0 Å². The predicted octanol–water partition coefficient (Wildman–Crippen LogP) is 1.30. The molecule has 2 aromatic heterocycles. The van der Waals surface area contributed by atoms with E-state index in [1.54, 1.807) is 31.5 Å². The minimum atomic E-state index is -0.527. The third kappa shape index (κ3) is 4.34. The Morgan fingerprint density at radius 1 is 1.23 bits per heavy atom. The first-order chi connectivity index (χ1) is 10.7. The lowest BCUT2D eigenvalue weighted by Crippen LogP contribution is -2.31. The molecule has 0 radical (unpaired) electrons. The molecule has 1 atom stereocenters. The number of carbonyl (C=O) groups excluding carboxylic acids is 2. The van der Waals surface area contributed by atoms with E-state index >= 15 is 0 Å². The van der Waals surface area contributed by atoms with Gasteiger partial charge in [0.05, 0.1) is 24.6 Å². The van der Waals surface area contributed by atoms with E-state index in [1.165, 1.54) is 18.7 Å². The summed E-state index contributed by atoms with van der Waals surface area (Å²) in [5, 5.41) is 2.78. The van der Waals surface area contributed by atoms with Crippen molar-refractivity contribution in [2.75, 3.05) is 6.61 Å². The first kappa shape index (κ1) is 15.6. The minimum absolute atomic E-state index is 0.0268. The van der Waals surface area contributed by atoms with Gasteiger partial charge in [-0.3, -0.25) is 14.6 Å². The average Bonchev–Trinajstić information content (AvgIpc) is 2.56. The standard InChI is InChI=1S/C15H16N4O3/c1-2-22-14(20)6-13(11-4-3-5-16-7-11)19-15(21)12-8-17-10-18-9-12/h3-5,7-10,13H,2,6H2,1H3,(H,19,21)/t13-/m1/s1. The number of nitrogens with zero attached hydrogens (tertiary/aromatic N) is 3. The Bertz CT molecular complexity index is 619. The fourth-order valence-corrected chi connectivity index (χ4v) is 1.88. The molecule has 0 unspecified atom stereocenters. The number of ether oxygens (including phenoxy) is 1. The fraction of sp³-hybridized carbons (Fsp3) is 0.267. The van der Waals surface area contributed by atoms with Crippen LogP contribution in [-0.4, -0.2) is 33.4 Å². The second-order valence-corrected chi connectivity index (χ2v) is 4.45. The molecule has 22 heavy (non-hydrogen) atoms. The summed E-state index contributed by atoms with van der Waals surface area (Å²) in [6.07, 6.45) is 7.41. The molecular weight excluding hydrogens is 284 g/mol. The van der Waals surface area contributed by atoms with Gasteiger partial charge in [0, 0.05) is 24.8 Å². The van der Waals surface area contributed by atoms with Gasteiger partial charge >= 0.3 is 5.97 Å². The number of rotatable bonds is 6. The van der Waals surface area contributed by atoms with Crippen molar-refractivity contribution >= 4 is 11.9 Å². The summed E-state index contributed by atoms with van der Waals surface area (Å²) >= 11 is 0. The average molecular weight is 300 g/mol. The molecule has 0 aliphatic carbocycles. The summed E-state index contributed by atoms with van der Waals surface area (Å²) in [5.74, 6) is -0.750. The second kappa shape index (κ2) is 7.82. The number of aromatic nitrogens is 3. The van der Waals surface area contributed by atoms with E-state index in [2.05, 4.69) is 20.3 Å². The molecule has 2 heterocycles. The lowest BCUT2D eigenvalue weighted by atomic mass is 10.1. The van der Waals surface area contributed by atoms with Crippen LogP contribution in [0.15, 0.2) is 43.2 Å². The van der Waals surface area contributed by atoms with E-state index in [4.69, 9.17) is 4.74 Å². The van der Waals surface area contributed by atoms with Gasteiger partial charge in [-0.25, -0.2) is 9.97 Å². The van der Waals surface area contributed by atoms with Gasteiger partial charge in [0.15, 0.2) is 0 Å². The molecule has 0 saturated heterocycles. The van der Waals surface area contributed by atoms with Gasteiger partial charge in [0.2, 0.25) is 0 Å². The highest BCUT2D eigenvalue weighted by molar-refractivity contribution is 5.94. The van der Waals surface area contributed by atoms with Crippen LogP contribution in [-0.2, 0) is 9.53 Å². The number of hydrogen-bond donors (Lipinski definition) is 1. The maximum atomic E-state index is 12.2. The molecule has 0 bridgehead atoms. The maximum absolute atomic E-state index is 12.2. The third-order valence-corrected chi connectivity index (χ3v) is 2.89. The maximum Gasteiger partial charge on any atom is 0.308 e. The molecule has 0 fully saturated rings. The molecule has 1 N–H and O–H groups in total. The highest BCUT2D eigenvalue weighted by Crippen LogP contribution is 2.17. The van der Waals surface area contributed by atoms with Gasteiger partial charge < -0.3 is 10.1 Å². The zero-order valence-electron chi connectivity index (χ0n) is 12.1. The number of amides is 1. The van der Waals surface area contributed by atoms with Crippen LogP contribution in [0.5, 0.6) is 0 Å². The van der Waals surface area contributed by atoms with Crippen molar-refractivity contribution < 1.29 is 14.3 Å². The number of esters is 1. The Labute approximate surface area is 127 Å². The van der Waals surface area contributed by atoms with Crippen LogP contribution in [0, 0.1) is 0 Å². The molecule has 114 valence electrons. The summed E-state index contributed by atoms with van der Waals surface area (Å²) in [4.78, 5) is 35.5. The fourth-order valence-electron chi connectivity index (χ4n) is 1.88. The van der Waals surface area contributed by atoms with Gasteiger partial charge in [-0.15, -0.1) is 0 Å². The normalized spacial score (nSPS) is 11.5. The zero-order chi connectivity index (χ0) is 15.8. The van der Waals surface area contributed by atoms with Crippen LogP contribution in [0.2, 0.25) is 0 Å². The largest absolute Gasteiger partial charge is 0.466 e. The Kier molecular flexibility index (Phi) is 5.53. The van der Waals surface area contributed by atoms with E-state index in [0.717, 1.165) is 5.56 Å². The van der Waals surface area contributed by atoms with Crippen LogP contribution in [0.4, 0.5) is 0 Å². The summed E-state index contributed by atoms with van der Waals surface area (Å²) in [6.45, 7) is 2.02. The monoisotopic (exact) mass is 300 g/mol. The van der Waals surface area contributed by atoms with E-state index in [0.29, 0.717) is 12.2 Å². The SMILES string of the molecule is CCOC(=O)C[C@@H](NC(=O)c1cncnc1)c1cccnc1. The molecule has 0 aliphatic heterocycles. The van der Waals surface area contributed by atoms with Crippen LogP contribution in [0.25, 0.3) is 0 Å². The van der Waals surface area contributed by atoms with Crippen molar-refractivity contribution in [2.45, 2.75) is 19.4 Å². The molecule has 0 spiro atoms. The Hall–Kier alpha value is -2.83. The number of pyridine rings is 1. The molecule has 2 rings (SSSR count). The second-order valence-electron chi connectivity index (χ2n) is 4.45. The lowest BCUT2D eigenvalue weighted by Gasteiger charge is -2.18. The molecule has 7 nitrogen and oxygen atoms in total. The molecule has 0 aromatic carbocycles. The van der Waals surface area contributed by atoms with Crippen molar-refractivity contribution in [3.8, 4) is 0 Å². The molecular formula is C15H16N4O3. The van der Waals surface area contributed by atoms with Gasteiger partial charge in [0.1, 0.15) is 6.33 Å². The molecule has 0 aliphatic rings. The highest BCUT2D eigenvalue weighted by atomic mass is 16.5. The van der Waals surface area contributed by atoms with Crippen LogP contribution in [0.1, 0.15) is 35.3 Å². The van der Waals surface area contributed by atoms with Crippen molar-refractivity contribution in [3.05, 3.63) is 54.4 Å². The zero-order valence-corrected chi connectivity index (χ0v) is 12.1. The first-order valence-electron chi connectivity index (χ1n) is 6.82. The van der Waals surface area contributed by atoms with E-state index in [-0.39, 0.29) is 18.3 Å². The van der Waals surface area contributed by atoms with Crippen molar-refractivity contribution in [1.29, 1.82) is 0 Å². The lowest BCUT2D eigenvalue weighted by molar-refractivity contribution is -0.143. The van der Waals surface area contributed by atoms with Crippen molar-refractivity contribution in [2.24, 2.45) is 0 Å². The van der Waals surface area contributed by atoms with Gasteiger partial charge in [0.25, 0.3) is 5.91 Å². The molecule has 7 heteroatoms. The number of hydrogen-bond acceptors (Lipinski definition) is 6. The minimum Gasteiger partial charge on any atom is -0.466 e. The van der Waals surface area contributed by atoms with Gasteiger partial charge in [-0.05, 0) is 18.6 Å². The summed E-state index contributed by atoms with van der Waals surface area (Å²) < 4.78 is 4.95. The Morgan fingerprint density at radius 3 is 2.64 bits per heavy atom. The number of nitrogens with one attached hydrogen (secondary N) is 1. The van der Waals surface area contributed by atoms with Crippen molar-refractivity contribution in [1.82, 2.24) is 20.3 Å². The highest BCUT2D eigenvalue weighted by Gasteiger charge is 2.20. The van der Waals surface area contributed by atoms with Gasteiger partial charge in [-0.1, -0.05) is 6.07 Å². The van der Waals surface area contributed by atoms with Crippen molar-refractivity contribution in [3.63, 3.8) is 0 Å². The summed E-state index contributed by atoms with van der Waals surface area (Å²) in [7, 11) is 0. The summed E-state index contributed by atoms with van der Waals surface area (Å²) in [5.41, 5.74) is 1.04. The van der Waals surface area contributed by atoms with E-state index in [9.17, 15) is 9.59 Å². The van der Waals surface area contributed by atoms with Crippen LogP contribution < -0.4 is 5.32 Å². The topological polar surface area (TPSA) is 94.1 Å². The number of carbonyl (C=O) groups is 2. The molecule has 2 aromatic rings. The quantitative estimate of drug-likeness (QED) is 0.808. The smallest absolute Gasteiger partial charge is 0.308 e. The predicted molar refractivity (Wildman–Crippen MR) is 77.7 cm³/mol. The third-order valence-electron chi connectivity index (χ3n) is 2.89. The van der Waals surface area contributed by atoms with Gasteiger partial charge in [-0.2, -0.15) is 0 Å². The molecule has 0 saturated carbocycles. The Balaban J connectivity index is 2.14. The van der Waals surface area contributed by atoms with Crippen LogP contribution >= 0.6 is 0 Å².